The van der Waals surface area contributed by atoms with E-state index in [-0.39, 0.29) is 0 Å². The Morgan fingerprint density at radius 3 is 0.738 bits per heavy atom. The van der Waals surface area contributed by atoms with Crippen LogP contribution in [0.2, 0.25) is 0 Å². The number of nitrogens with zero attached hydrogens (tertiary/aromatic N) is 3. The molecule has 27 aromatic rings. The van der Waals surface area contributed by atoms with Crippen molar-refractivity contribution < 1.29 is 0 Å². The maximum atomic E-state index is 2.51. The van der Waals surface area contributed by atoms with E-state index in [9.17, 15) is 0 Å². The number of anilines is 9. The molecule has 27 aromatic carbocycles. The largest absolute Gasteiger partial charge is 0.309 e. The predicted octanol–water partition coefficient (Wildman–Crippen LogP) is 39.3. The molecule has 0 saturated carbocycles. The maximum absolute atomic E-state index is 2.51. The molecule has 0 unspecified atom stereocenters. The van der Waals surface area contributed by atoms with Crippen molar-refractivity contribution in [3.8, 4) is 66.8 Å². The van der Waals surface area contributed by atoms with E-state index in [1.165, 1.54) is 196 Å². The lowest BCUT2D eigenvalue weighted by Gasteiger charge is -2.32. The average molecular weight is 1790 g/mol. The van der Waals surface area contributed by atoms with E-state index >= 15 is 0 Å². The molecular formula is C138H93N3. The highest BCUT2D eigenvalue weighted by Gasteiger charge is 2.30. The van der Waals surface area contributed by atoms with Gasteiger partial charge in [0.05, 0.1) is 39.8 Å². The molecule has 3 nitrogen and oxygen atoms in total. The monoisotopic (exact) mass is 1790 g/mol. The molecule has 0 aliphatic carbocycles. The second kappa shape index (κ2) is 36.9. The van der Waals surface area contributed by atoms with Crippen LogP contribution < -0.4 is 14.7 Å². The summed E-state index contributed by atoms with van der Waals surface area (Å²) >= 11 is 0. The molecule has 0 spiro atoms. The minimum Gasteiger partial charge on any atom is -0.309 e. The SMILES string of the molecule is c1ccc(-c2ccc(N(c3ccc4ccccc4c3-c3cccc4ccccc34)c3cc4ccccc4c4ccccc34)cc2)cc1.c1ccc(-c2cccc(N(c3ccc4ccccc4c3-c3cccc4ccccc34)c3cc4ccccc4c4ccccc34)c2)cc1.c1ccc(-c2ccccc2N(c2ccc3ccccc3c2-c2cccc3ccccc23)c2cc3ccccc3c3ccccc23)cc1. The number of hydrogen-bond acceptors (Lipinski definition) is 3. The maximum Gasteiger partial charge on any atom is 0.0547 e. The molecule has 141 heavy (non-hydrogen) atoms. The third-order valence-corrected chi connectivity index (χ3v) is 28.3. The second-order valence-electron chi connectivity index (χ2n) is 36.3. The van der Waals surface area contributed by atoms with Crippen molar-refractivity contribution in [2.75, 3.05) is 14.7 Å². The summed E-state index contributed by atoms with van der Waals surface area (Å²) in [4.78, 5) is 7.48. The standard InChI is InChI=1S/3C46H31N/c1-2-14-32(15-3-1)35-20-12-21-37(30-35)47(45-31-36-18-6-8-23-39(36)41-25-10-11-26-42(41)45)44-29-28-34-17-5-9-24-40(34)46(44)43-27-13-19-33-16-4-7-22-38(33)43;1-2-15-33(16-3-1)38-23-12-13-28-43(38)47(45-31-35-19-6-8-22-37(35)40-25-10-11-26-41(40)45)44-30-29-34-18-5-9-24-39(34)46(44)42-27-14-20-32-17-4-7-21-36(32)42;1-2-13-32(14-3-1)33-25-28-37(29-26-33)47(45-31-36-17-6-8-20-39(36)41-22-10-11-23-42(41)45)44-30-27-35-16-5-9-21-40(35)46(44)43-24-12-18-34-15-4-7-19-38(34)43/h3*1-31H. The Balaban J connectivity index is 0.000000111. The van der Waals surface area contributed by atoms with Gasteiger partial charge >= 0.3 is 0 Å². The Morgan fingerprint density at radius 1 is 0.0993 bits per heavy atom. The van der Waals surface area contributed by atoms with Crippen molar-refractivity contribution in [3.05, 3.63) is 564 Å². The van der Waals surface area contributed by atoms with Gasteiger partial charge in [0.25, 0.3) is 0 Å². The Hall–Kier alpha value is -18.5. The highest BCUT2D eigenvalue weighted by atomic mass is 15.2. The van der Waals surface area contributed by atoms with E-state index in [4.69, 9.17) is 0 Å². The van der Waals surface area contributed by atoms with E-state index < -0.39 is 0 Å². The van der Waals surface area contributed by atoms with Crippen molar-refractivity contribution >= 4 is 180 Å². The van der Waals surface area contributed by atoms with Crippen molar-refractivity contribution in [2.45, 2.75) is 0 Å². The van der Waals surface area contributed by atoms with Gasteiger partial charge in [-0.2, -0.15) is 0 Å². The van der Waals surface area contributed by atoms with Crippen molar-refractivity contribution in [3.63, 3.8) is 0 Å². The van der Waals surface area contributed by atoms with Crippen LogP contribution in [0, 0.1) is 0 Å². The van der Waals surface area contributed by atoms with Crippen LogP contribution in [0.3, 0.4) is 0 Å². The summed E-state index contributed by atoms with van der Waals surface area (Å²) in [7, 11) is 0. The molecule has 0 heterocycles. The highest BCUT2D eigenvalue weighted by molar-refractivity contribution is 6.22. The van der Waals surface area contributed by atoms with Gasteiger partial charge in [-0.15, -0.1) is 0 Å². The van der Waals surface area contributed by atoms with Crippen LogP contribution in [0.1, 0.15) is 0 Å². The van der Waals surface area contributed by atoms with E-state index in [0.717, 1.165) is 51.2 Å². The number of para-hydroxylation sites is 1. The van der Waals surface area contributed by atoms with Crippen LogP contribution in [0.5, 0.6) is 0 Å². The van der Waals surface area contributed by atoms with Crippen LogP contribution in [0.4, 0.5) is 51.2 Å². The van der Waals surface area contributed by atoms with Gasteiger partial charge in [0.15, 0.2) is 0 Å². The minimum absolute atomic E-state index is 1.11. The molecule has 0 radical (unpaired) electrons. The van der Waals surface area contributed by atoms with E-state index in [2.05, 4.69) is 579 Å². The third-order valence-electron chi connectivity index (χ3n) is 28.3. The van der Waals surface area contributed by atoms with E-state index in [0.29, 0.717) is 0 Å². The summed E-state index contributed by atoms with van der Waals surface area (Å²) < 4.78 is 0. The molecule has 0 aliphatic heterocycles. The van der Waals surface area contributed by atoms with Gasteiger partial charge in [0.2, 0.25) is 0 Å². The lowest BCUT2D eigenvalue weighted by atomic mass is 9.90. The first-order valence-electron chi connectivity index (χ1n) is 48.6. The summed E-state index contributed by atoms with van der Waals surface area (Å²) in [5.74, 6) is 0. The molecule has 0 fully saturated rings. The molecule has 3 heteroatoms. The molecule has 0 aromatic heterocycles. The molecule has 0 bridgehead atoms. The Labute approximate surface area is 820 Å². The topological polar surface area (TPSA) is 9.72 Å². The highest BCUT2D eigenvalue weighted by Crippen LogP contribution is 2.55. The molecule has 0 saturated heterocycles. The third kappa shape index (κ3) is 15.6. The summed E-state index contributed by atoms with van der Waals surface area (Å²) in [6.45, 7) is 0. The molecule has 0 atom stereocenters. The lowest BCUT2D eigenvalue weighted by Crippen LogP contribution is -2.13. The van der Waals surface area contributed by atoms with Gasteiger partial charge in [-0.1, -0.05) is 497 Å². The van der Waals surface area contributed by atoms with Gasteiger partial charge < -0.3 is 14.7 Å². The second-order valence-corrected chi connectivity index (χ2v) is 36.3. The lowest BCUT2D eigenvalue weighted by molar-refractivity contribution is 1.31. The van der Waals surface area contributed by atoms with Crippen LogP contribution >= 0.6 is 0 Å². The molecule has 0 amide bonds. The molecule has 660 valence electrons. The van der Waals surface area contributed by atoms with Crippen LogP contribution in [0.25, 0.3) is 196 Å². The zero-order valence-electron chi connectivity index (χ0n) is 77.5. The zero-order chi connectivity index (χ0) is 93.5. The Morgan fingerprint density at radius 2 is 0.348 bits per heavy atom. The molecular weight excluding hydrogens is 1700 g/mol. The fraction of sp³-hybridized carbons (Fsp3) is 0. The summed E-state index contributed by atoms with van der Waals surface area (Å²) in [5, 5.41) is 29.6. The van der Waals surface area contributed by atoms with Crippen LogP contribution in [-0.4, -0.2) is 0 Å². The first-order valence-corrected chi connectivity index (χ1v) is 48.6. The first kappa shape index (κ1) is 84.2. The number of rotatable bonds is 15. The van der Waals surface area contributed by atoms with Crippen LogP contribution in [-0.2, 0) is 0 Å². The normalized spacial score (nSPS) is 11.4. The number of benzene rings is 27. The van der Waals surface area contributed by atoms with Crippen molar-refractivity contribution in [2.24, 2.45) is 0 Å². The fourth-order valence-corrected chi connectivity index (χ4v) is 21.8. The molecule has 27 rings (SSSR count). The summed E-state index contributed by atoms with van der Waals surface area (Å²) in [5.41, 5.74) is 24.8. The predicted molar refractivity (Wildman–Crippen MR) is 606 cm³/mol. The smallest absolute Gasteiger partial charge is 0.0547 e. The average Bonchev–Trinajstić information content (AvgIpc) is 0.735. The minimum atomic E-state index is 1.11. The van der Waals surface area contributed by atoms with Crippen molar-refractivity contribution in [1.29, 1.82) is 0 Å². The Kier molecular flexibility index (Phi) is 22.1. The Bertz CT molecular complexity index is 9440. The zero-order valence-corrected chi connectivity index (χ0v) is 77.5. The number of hydrogen-bond donors (Lipinski definition) is 0. The first-order chi connectivity index (χ1) is 70.0. The van der Waals surface area contributed by atoms with Gasteiger partial charge in [0, 0.05) is 49.8 Å². The van der Waals surface area contributed by atoms with Crippen molar-refractivity contribution in [1.82, 2.24) is 0 Å². The van der Waals surface area contributed by atoms with Gasteiger partial charge in [-0.3, -0.25) is 0 Å². The molecule has 0 N–H and O–H groups in total. The van der Waals surface area contributed by atoms with Gasteiger partial charge in [-0.05, 0) is 224 Å². The summed E-state index contributed by atoms with van der Waals surface area (Å²) in [6.07, 6.45) is 0. The quantitative estimate of drug-likeness (QED) is 0.0947. The van der Waals surface area contributed by atoms with Gasteiger partial charge in [0.1, 0.15) is 0 Å². The van der Waals surface area contributed by atoms with Crippen LogP contribution in [0.15, 0.2) is 564 Å². The number of fused-ring (bicyclic) bond motifs is 15. The molecule has 0 aliphatic rings. The summed E-state index contributed by atoms with van der Waals surface area (Å²) in [6, 6.07) is 205. The van der Waals surface area contributed by atoms with E-state index in [1.807, 2.05) is 0 Å². The van der Waals surface area contributed by atoms with E-state index in [1.54, 1.807) is 0 Å². The van der Waals surface area contributed by atoms with Gasteiger partial charge in [-0.25, -0.2) is 0 Å². The fourth-order valence-electron chi connectivity index (χ4n) is 21.8.